The zero-order valence-electron chi connectivity index (χ0n) is 10.4. The summed E-state index contributed by atoms with van der Waals surface area (Å²) in [5, 5.41) is 4.13. The highest BCUT2D eigenvalue weighted by atomic mass is 32.2. The Labute approximate surface area is 96.8 Å². The average Bonchev–Trinajstić information content (AvgIpc) is 1.98. The fourth-order valence-electron chi connectivity index (χ4n) is 0.904. The van der Waals surface area contributed by atoms with E-state index in [2.05, 4.69) is 0 Å². The summed E-state index contributed by atoms with van der Waals surface area (Å²) in [6.07, 6.45) is -0.567. The standard InChI is InChI=1S/C9H20N2O4S/c1-7(16(10,13)14)6-11(5)8(12)15-9(2,3)4/h7H,6H2,1-5H3,(H2,10,13,14). The van der Waals surface area contributed by atoms with Gasteiger partial charge >= 0.3 is 6.09 Å². The molecule has 0 rings (SSSR count). The first-order valence-electron chi connectivity index (χ1n) is 4.89. The van der Waals surface area contributed by atoms with Gasteiger partial charge in [0.15, 0.2) is 0 Å². The fourth-order valence-corrected chi connectivity index (χ4v) is 1.34. The predicted octanol–water partition coefficient (Wildman–Crippen LogP) is 0.530. The van der Waals surface area contributed by atoms with Crippen molar-refractivity contribution in [3.8, 4) is 0 Å². The summed E-state index contributed by atoms with van der Waals surface area (Å²) in [4.78, 5) is 12.7. The molecule has 16 heavy (non-hydrogen) atoms. The van der Waals surface area contributed by atoms with Crippen LogP contribution in [0.1, 0.15) is 27.7 Å². The van der Waals surface area contributed by atoms with E-state index in [0.717, 1.165) is 0 Å². The van der Waals surface area contributed by atoms with Crippen LogP contribution in [0, 0.1) is 0 Å². The molecule has 1 atom stereocenters. The van der Waals surface area contributed by atoms with Gasteiger partial charge in [0.25, 0.3) is 0 Å². The molecule has 0 fully saturated rings. The minimum Gasteiger partial charge on any atom is -0.444 e. The van der Waals surface area contributed by atoms with Crippen LogP contribution < -0.4 is 5.14 Å². The van der Waals surface area contributed by atoms with Crippen LogP contribution in [0.4, 0.5) is 4.79 Å². The van der Waals surface area contributed by atoms with Gasteiger partial charge in [-0.15, -0.1) is 0 Å². The van der Waals surface area contributed by atoms with E-state index in [1.165, 1.54) is 18.9 Å². The van der Waals surface area contributed by atoms with Crippen molar-refractivity contribution in [1.82, 2.24) is 4.90 Å². The van der Waals surface area contributed by atoms with Crippen LogP contribution in [0.25, 0.3) is 0 Å². The summed E-state index contributed by atoms with van der Waals surface area (Å²) in [6.45, 7) is 6.66. The van der Waals surface area contributed by atoms with Crippen molar-refractivity contribution in [2.24, 2.45) is 5.14 Å². The van der Waals surface area contributed by atoms with E-state index in [-0.39, 0.29) is 6.54 Å². The maximum absolute atomic E-state index is 11.5. The number of nitrogens with two attached hydrogens (primary N) is 1. The first-order chi connectivity index (χ1) is 6.93. The largest absolute Gasteiger partial charge is 0.444 e. The Morgan fingerprint density at radius 1 is 1.44 bits per heavy atom. The van der Waals surface area contributed by atoms with Gasteiger partial charge in [-0.1, -0.05) is 0 Å². The number of carbonyl (C=O) groups excluding carboxylic acids is 1. The van der Waals surface area contributed by atoms with E-state index in [9.17, 15) is 13.2 Å². The van der Waals surface area contributed by atoms with Crippen molar-refractivity contribution < 1.29 is 17.9 Å². The Bertz CT molecular complexity index is 345. The molecule has 0 aliphatic rings. The summed E-state index contributed by atoms with van der Waals surface area (Å²) in [5.41, 5.74) is -0.601. The number of amides is 1. The minimum absolute atomic E-state index is 0.00769. The van der Waals surface area contributed by atoms with Crippen LogP contribution in [-0.4, -0.2) is 43.9 Å². The Kier molecular flexibility index (Phi) is 4.75. The third kappa shape index (κ3) is 5.92. The van der Waals surface area contributed by atoms with Crippen LogP contribution in [0.2, 0.25) is 0 Å². The number of sulfonamides is 1. The first kappa shape index (κ1) is 15.2. The van der Waals surface area contributed by atoms with Crippen molar-refractivity contribution in [2.45, 2.75) is 38.5 Å². The SMILES string of the molecule is CC(CN(C)C(=O)OC(C)(C)C)S(N)(=O)=O. The lowest BCUT2D eigenvalue weighted by Crippen LogP contribution is -2.41. The Hall–Kier alpha value is -0.820. The van der Waals surface area contributed by atoms with E-state index >= 15 is 0 Å². The normalized spacial score (nSPS) is 14.4. The fraction of sp³-hybridized carbons (Fsp3) is 0.889. The zero-order chi connectivity index (χ0) is 13.1. The molecule has 1 amide bonds. The van der Waals surface area contributed by atoms with Gasteiger partial charge in [0.05, 0.1) is 5.25 Å². The van der Waals surface area contributed by atoms with Gasteiger partial charge in [-0.25, -0.2) is 18.4 Å². The summed E-state index contributed by atoms with van der Waals surface area (Å²) < 4.78 is 27.0. The number of ether oxygens (including phenoxy) is 1. The number of hydrogen-bond acceptors (Lipinski definition) is 4. The van der Waals surface area contributed by atoms with Gasteiger partial charge in [0.2, 0.25) is 10.0 Å². The molecule has 0 heterocycles. The molecule has 0 radical (unpaired) electrons. The molecule has 0 aromatic heterocycles. The second-order valence-electron chi connectivity index (χ2n) is 4.76. The lowest BCUT2D eigenvalue weighted by Gasteiger charge is -2.25. The van der Waals surface area contributed by atoms with Crippen molar-refractivity contribution in [3.05, 3.63) is 0 Å². The second-order valence-corrected chi connectivity index (χ2v) is 6.74. The molecule has 0 saturated carbocycles. The van der Waals surface area contributed by atoms with Crippen LogP contribution in [-0.2, 0) is 14.8 Å². The van der Waals surface area contributed by atoms with Crippen LogP contribution in [0.15, 0.2) is 0 Å². The molecule has 0 aliphatic heterocycles. The lowest BCUT2D eigenvalue weighted by atomic mass is 10.2. The van der Waals surface area contributed by atoms with Gasteiger partial charge in [-0.05, 0) is 27.7 Å². The molecule has 0 spiro atoms. The van der Waals surface area contributed by atoms with E-state index in [1.54, 1.807) is 20.8 Å². The van der Waals surface area contributed by atoms with Crippen LogP contribution >= 0.6 is 0 Å². The minimum atomic E-state index is -3.62. The molecular weight excluding hydrogens is 232 g/mol. The molecule has 7 heteroatoms. The van der Waals surface area contributed by atoms with E-state index in [0.29, 0.717) is 0 Å². The van der Waals surface area contributed by atoms with Crippen molar-refractivity contribution in [1.29, 1.82) is 0 Å². The molecule has 0 aromatic carbocycles. The highest BCUT2D eigenvalue weighted by Gasteiger charge is 2.24. The van der Waals surface area contributed by atoms with Gasteiger partial charge < -0.3 is 9.64 Å². The molecule has 1 unspecified atom stereocenters. The highest BCUT2D eigenvalue weighted by molar-refractivity contribution is 7.89. The van der Waals surface area contributed by atoms with Gasteiger partial charge in [-0.3, -0.25) is 0 Å². The smallest absolute Gasteiger partial charge is 0.410 e. The van der Waals surface area contributed by atoms with Crippen LogP contribution in [0.5, 0.6) is 0 Å². The number of primary sulfonamides is 1. The molecule has 0 bridgehead atoms. The summed E-state index contributed by atoms with van der Waals surface area (Å²) in [7, 11) is -2.16. The maximum atomic E-state index is 11.5. The summed E-state index contributed by atoms with van der Waals surface area (Å²) in [5.74, 6) is 0. The highest BCUT2D eigenvalue weighted by Crippen LogP contribution is 2.09. The second kappa shape index (κ2) is 5.01. The number of carbonyl (C=O) groups is 1. The Morgan fingerprint density at radius 3 is 2.19 bits per heavy atom. The van der Waals surface area contributed by atoms with E-state index < -0.39 is 27.0 Å². The number of nitrogens with zero attached hydrogens (tertiary/aromatic N) is 1. The molecule has 6 nitrogen and oxygen atoms in total. The summed E-state index contributed by atoms with van der Waals surface area (Å²) >= 11 is 0. The molecule has 2 N–H and O–H groups in total. The monoisotopic (exact) mass is 252 g/mol. The zero-order valence-corrected chi connectivity index (χ0v) is 11.2. The predicted molar refractivity (Wildman–Crippen MR) is 61.4 cm³/mol. The van der Waals surface area contributed by atoms with E-state index in [1.807, 2.05) is 0 Å². The first-order valence-corrected chi connectivity index (χ1v) is 6.50. The van der Waals surface area contributed by atoms with Gasteiger partial charge in [-0.2, -0.15) is 0 Å². The number of hydrogen-bond donors (Lipinski definition) is 1. The lowest BCUT2D eigenvalue weighted by molar-refractivity contribution is 0.0300. The third-order valence-corrected chi connectivity index (χ3v) is 3.07. The molecule has 0 aliphatic carbocycles. The quantitative estimate of drug-likeness (QED) is 0.793. The molecule has 0 aromatic rings. The Morgan fingerprint density at radius 2 is 1.88 bits per heavy atom. The average molecular weight is 252 g/mol. The van der Waals surface area contributed by atoms with Gasteiger partial charge in [0, 0.05) is 13.6 Å². The molecule has 0 saturated heterocycles. The maximum Gasteiger partial charge on any atom is 0.410 e. The topological polar surface area (TPSA) is 89.7 Å². The van der Waals surface area contributed by atoms with Gasteiger partial charge in [0.1, 0.15) is 5.60 Å². The van der Waals surface area contributed by atoms with Crippen molar-refractivity contribution >= 4 is 16.1 Å². The Balaban J connectivity index is 4.38. The number of rotatable bonds is 3. The van der Waals surface area contributed by atoms with E-state index in [4.69, 9.17) is 9.88 Å². The molecule has 96 valence electrons. The summed E-state index contributed by atoms with van der Waals surface area (Å²) in [6, 6.07) is 0. The molecular formula is C9H20N2O4S. The third-order valence-electron chi connectivity index (χ3n) is 1.80. The van der Waals surface area contributed by atoms with Crippen LogP contribution in [0.3, 0.4) is 0 Å². The van der Waals surface area contributed by atoms with Crippen molar-refractivity contribution in [3.63, 3.8) is 0 Å². The van der Waals surface area contributed by atoms with Crippen molar-refractivity contribution in [2.75, 3.05) is 13.6 Å².